The Labute approximate surface area is 152 Å². The van der Waals surface area contributed by atoms with Crippen molar-refractivity contribution < 1.29 is 9.59 Å². The number of aromatic nitrogens is 2. The predicted octanol–water partition coefficient (Wildman–Crippen LogP) is 2.87. The third-order valence-electron chi connectivity index (χ3n) is 3.97. The van der Waals surface area contributed by atoms with E-state index in [-0.39, 0.29) is 22.7 Å². The number of nitrogens with one attached hydrogen (secondary N) is 2. The smallest absolute Gasteiger partial charge is 0.256 e. The standard InChI is InChI=1S/C18H23ClN4O2/c1-5-11(2)20-17(24)13(4)21-18(25)15-12(3)22-23(16(15)19)14-9-7-6-8-10-14/h6-11,13H,5H2,1-4H3,(H,20,24)(H,21,25). The molecule has 0 aliphatic heterocycles. The molecule has 2 unspecified atom stereocenters. The van der Waals surface area contributed by atoms with Crippen molar-refractivity contribution in [2.75, 3.05) is 0 Å². The summed E-state index contributed by atoms with van der Waals surface area (Å²) < 4.78 is 1.51. The van der Waals surface area contributed by atoms with Crippen LogP contribution in [0.2, 0.25) is 5.15 Å². The molecule has 1 aromatic carbocycles. The van der Waals surface area contributed by atoms with Gasteiger partial charge in [0.1, 0.15) is 11.2 Å². The number of halogens is 1. The lowest BCUT2D eigenvalue weighted by atomic mass is 10.2. The Balaban J connectivity index is 2.17. The molecular weight excluding hydrogens is 340 g/mol. The molecule has 2 amide bonds. The van der Waals surface area contributed by atoms with Crippen LogP contribution in [0, 0.1) is 6.92 Å². The van der Waals surface area contributed by atoms with Gasteiger partial charge in [0.05, 0.1) is 16.9 Å². The van der Waals surface area contributed by atoms with Crippen LogP contribution in [0.15, 0.2) is 30.3 Å². The molecule has 25 heavy (non-hydrogen) atoms. The number of hydrogen-bond acceptors (Lipinski definition) is 3. The summed E-state index contributed by atoms with van der Waals surface area (Å²) in [6.45, 7) is 7.25. The molecule has 0 spiro atoms. The number of carbonyl (C=O) groups excluding carboxylic acids is 2. The van der Waals surface area contributed by atoms with Crippen molar-refractivity contribution in [2.45, 2.75) is 46.2 Å². The largest absolute Gasteiger partial charge is 0.352 e. The van der Waals surface area contributed by atoms with Crippen LogP contribution in [0.3, 0.4) is 0 Å². The van der Waals surface area contributed by atoms with Gasteiger partial charge in [-0.25, -0.2) is 4.68 Å². The Kier molecular flexibility index (Phi) is 6.20. The molecule has 2 atom stereocenters. The normalized spacial score (nSPS) is 13.2. The number of para-hydroxylation sites is 1. The summed E-state index contributed by atoms with van der Waals surface area (Å²) in [7, 11) is 0. The first kappa shape index (κ1) is 19.0. The summed E-state index contributed by atoms with van der Waals surface area (Å²) in [6, 6.07) is 8.70. The summed E-state index contributed by atoms with van der Waals surface area (Å²) in [6.07, 6.45) is 0.821. The number of nitrogens with zero attached hydrogens (tertiary/aromatic N) is 2. The molecule has 7 heteroatoms. The van der Waals surface area contributed by atoms with Crippen molar-refractivity contribution in [3.8, 4) is 5.69 Å². The van der Waals surface area contributed by atoms with E-state index in [2.05, 4.69) is 15.7 Å². The Morgan fingerprint density at radius 2 is 1.84 bits per heavy atom. The summed E-state index contributed by atoms with van der Waals surface area (Å²) in [5.41, 5.74) is 1.53. The Bertz CT molecular complexity index is 758. The number of carbonyl (C=O) groups is 2. The summed E-state index contributed by atoms with van der Waals surface area (Å²) in [4.78, 5) is 24.7. The zero-order chi connectivity index (χ0) is 18.6. The second kappa shape index (κ2) is 8.16. The lowest BCUT2D eigenvalue weighted by molar-refractivity contribution is -0.123. The van der Waals surface area contributed by atoms with Gasteiger partial charge in [-0.05, 0) is 39.3 Å². The molecule has 0 saturated carbocycles. The van der Waals surface area contributed by atoms with Crippen LogP contribution in [0.25, 0.3) is 5.69 Å². The first-order valence-electron chi connectivity index (χ1n) is 8.26. The van der Waals surface area contributed by atoms with E-state index >= 15 is 0 Å². The third-order valence-corrected chi connectivity index (χ3v) is 4.32. The molecule has 2 N–H and O–H groups in total. The zero-order valence-electron chi connectivity index (χ0n) is 14.8. The third kappa shape index (κ3) is 4.39. The minimum atomic E-state index is -0.669. The number of hydrogen-bond donors (Lipinski definition) is 2. The highest BCUT2D eigenvalue weighted by atomic mass is 35.5. The van der Waals surface area contributed by atoms with Gasteiger partial charge < -0.3 is 10.6 Å². The van der Waals surface area contributed by atoms with Crippen molar-refractivity contribution in [1.29, 1.82) is 0 Å². The molecule has 2 aromatic rings. The SMILES string of the molecule is CCC(C)NC(=O)C(C)NC(=O)c1c(C)nn(-c2ccccc2)c1Cl. The van der Waals surface area contributed by atoms with Crippen LogP contribution >= 0.6 is 11.6 Å². The lowest BCUT2D eigenvalue weighted by Crippen LogP contribution is -2.47. The highest BCUT2D eigenvalue weighted by molar-refractivity contribution is 6.33. The Morgan fingerprint density at radius 1 is 1.20 bits per heavy atom. The van der Waals surface area contributed by atoms with Crippen molar-refractivity contribution >= 4 is 23.4 Å². The van der Waals surface area contributed by atoms with E-state index in [4.69, 9.17) is 11.6 Å². The molecule has 2 rings (SSSR count). The topological polar surface area (TPSA) is 76.0 Å². The molecule has 0 fully saturated rings. The first-order chi connectivity index (χ1) is 11.8. The summed E-state index contributed by atoms with van der Waals surface area (Å²) >= 11 is 6.37. The van der Waals surface area contributed by atoms with E-state index in [0.717, 1.165) is 12.1 Å². The summed E-state index contributed by atoms with van der Waals surface area (Å²) in [5, 5.41) is 10.1. The fourth-order valence-electron chi connectivity index (χ4n) is 2.30. The minimum absolute atomic E-state index is 0.0537. The van der Waals surface area contributed by atoms with Crippen LogP contribution in [-0.4, -0.2) is 33.7 Å². The van der Waals surface area contributed by atoms with Crippen LogP contribution in [0.1, 0.15) is 43.2 Å². The van der Waals surface area contributed by atoms with Gasteiger partial charge in [0.2, 0.25) is 5.91 Å². The number of amides is 2. The maximum absolute atomic E-state index is 12.6. The van der Waals surface area contributed by atoms with Gasteiger partial charge >= 0.3 is 0 Å². The van der Waals surface area contributed by atoms with Crippen LogP contribution in [0.4, 0.5) is 0 Å². The molecule has 0 saturated heterocycles. The molecule has 1 aromatic heterocycles. The Hall–Kier alpha value is -2.34. The molecule has 0 bridgehead atoms. The number of aryl methyl sites for hydroxylation is 1. The van der Waals surface area contributed by atoms with E-state index in [1.807, 2.05) is 44.2 Å². The molecular formula is C18H23ClN4O2. The van der Waals surface area contributed by atoms with Gasteiger partial charge in [0, 0.05) is 6.04 Å². The van der Waals surface area contributed by atoms with Gasteiger partial charge in [-0.1, -0.05) is 36.7 Å². The Morgan fingerprint density at radius 3 is 2.44 bits per heavy atom. The number of benzene rings is 1. The van der Waals surface area contributed by atoms with Crippen LogP contribution < -0.4 is 10.6 Å². The van der Waals surface area contributed by atoms with Gasteiger partial charge in [-0.15, -0.1) is 0 Å². The highest BCUT2D eigenvalue weighted by Gasteiger charge is 2.24. The molecule has 0 aliphatic rings. The zero-order valence-corrected chi connectivity index (χ0v) is 15.6. The van der Waals surface area contributed by atoms with E-state index in [1.54, 1.807) is 13.8 Å². The first-order valence-corrected chi connectivity index (χ1v) is 8.64. The van der Waals surface area contributed by atoms with Crippen molar-refractivity contribution in [3.05, 3.63) is 46.7 Å². The summed E-state index contributed by atoms with van der Waals surface area (Å²) in [5.74, 6) is -0.650. The fraction of sp³-hybridized carbons (Fsp3) is 0.389. The van der Waals surface area contributed by atoms with Crippen molar-refractivity contribution in [3.63, 3.8) is 0 Å². The maximum Gasteiger partial charge on any atom is 0.256 e. The van der Waals surface area contributed by atoms with Gasteiger partial charge in [-0.3, -0.25) is 9.59 Å². The van der Waals surface area contributed by atoms with Gasteiger partial charge in [0.25, 0.3) is 5.91 Å². The van der Waals surface area contributed by atoms with E-state index in [0.29, 0.717) is 5.69 Å². The van der Waals surface area contributed by atoms with Gasteiger partial charge in [0.15, 0.2) is 0 Å². The predicted molar refractivity (Wildman–Crippen MR) is 98.1 cm³/mol. The minimum Gasteiger partial charge on any atom is -0.352 e. The molecule has 1 heterocycles. The van der Waals surface area contributed by atoms with E-state index < -0.39 is 11.9 Å². The van der Waals surface area contributed by atoms with Crippen LogP contribution in [-0.2, 0) is 4.79 Å². The quantitative estimate of drug-likeness (QED) is 0.829. The second-order valence-corrected chi connectivity index (χ2v) is 6.37. The van der Waals surface area contributed by atoms with Gasteiger partial charge in [-0.2, -0.15) is 5.10 Å². The monoisotopic (exact) mass is 362 g/mol. The number of rotatable bonds is 6. The van der Waals surface area contributed by atoms with E-state index in [1.165, 1.54) is 4.68 Å². The molecule has 134 valence electrons. The maximum atomic E-state index is 12.6. The fourth-order valence-corrected chi connectivity index (χ4v) is 2.66. The van der Waals surface area contributed by atoms with E-state index in [9.17, 15) is 9.59 Å². The molecule has 6 nitrogen and oxygen atoms in total. The van der Waals surface area contributed by atoms with Crippen molar-refractivity contribution in [1.82, 2.24) is 20.4 Å². The molecule has 0 aliphatic carbocycles. The molecule has 0 radical (unpaired) electrons. The lowest BCUT2D eigenvalue weighted by Gasteiger charge is -2.17. The average Bonchev–Trinajstić information content (AvgIpc) is 2.89. The van der Waals surface area contributed by atoms with Crippen molar-refractivity contribution in [2.24, 2.45) is 0 Å². The highest BCUT2D eigenvalue weighted by Crippen LogP contribution is 2.23. The average molecular weight is 363 g/mol. The second-order valence-electron chi connectivity index (χ2n) is 6.01. The van der Waals surface area contributed by atoms with Crippen LogP contribution in [0.5, 0.6) is 0 Å².